The van der Waals surface area contributed by atoms with Gasteiger partial charge in [-0.1, -0.05) is 19.1 Å². The normalized spacial score (nSPS) is 11.6. The Balaban J connectivity index is 1.89. The molecule has 3 N–H and O–H groups in total. The molecular formula is C25H26F2N4O3. The van der Waals surface area contributed by atoms with E-state index < -0.39 is 23.3 Å². The number of nitrogens with zero attached hydrogens (tertiary/aromatic N) is 1. The summed E-state index contributed by atoms with van der Waals surface area (Å²) in [6.07, 6.45) is 0.524. The minimum absolute atomic E-state index is 0.0240. The molecule has 0 spiro atoms. The van der Waals surface area contributed by atoms with Crippen molar-refractivity contribution >= 4 is 17.5 Å². The van der Waals surface area contributed by atoms with E-state index in [1.807, 2.05) is 6.92 Å². The molecule has 1 atom stereocenters. The van der Waals surface area contributed by atoms with Crippen LogP contribution in [0.2, 0.25) is 0 Å². The monoisotopic (exact) mass is 468 g/mol. The maximum absolute atomic E-state index is 13.4. The molecule has 0 fully saturated rings. The maximum atomic E-state index is 13.4. The third-order valence-electron chi connectivity index (χ3n) is 5.35. The number of benzene rings is 2. The van der Waals surface area contributed by atoms with Gasteiger partial charge in [-0.25, -0.2) is 8.78 Å². The quantitative estimate of drug-likeness (QED) is 0.450. The lowest BCUT2D eigenvalue weighted by Gasteiger charge is -2.17. The SMILES string of the molecule is CCC(NC)C(=O)Nc1ccc(-c2ccc(F)cc2)n(CC(=O)NCc2ccc(F)cc2)c1=O. The molecule has 9 heteroatoms. The molecule has 1 aromatic heterocycles. The molecule has 0 radical (unpaired) electrons. The van der Waals surface area contributed by atoms with Crippen molar-refractivity contribution in [3.05, 3.63) is 88.2 Å². The minimum Gasteiger partial charge on any atom is -0.350 e. The van der Waals surface area contributed by atoms with Crippen LogP contribution in [-0.2, 0) is 22.7 Å². The number of amides is 2. The summed E-state index contributed by atoms with van der Waals surface area (Å²) in [4.78, 5) is 38.4. The molecule has 7 nitrogen and oxygen atoms in total. The summed E-state index contributed by atoms with van der Waals surface area (Å²) in [6, 6.07) is 13.8. The highest BCUT2D eigenvalue weighted by atomic mass is 19.1. The van der Waals surface area contributed by atoms with Crippen LogP contribution in [0.15, 0.2) is 65.5 Å². The molecule has 34 heavy (non-hydrogen) atoms. The first-order valence-electron chi connectivity index (χ1n) is 10.8. The van der Waals surface area contributed by atoms with Crippen molar-refractivity contribution in [1.29, 1.82) is 0 Å². The van der Waals surface area contributed by atoms with Gasteiger partial charge in [0.2, 0.25) is 11.8 Å². The van der Waals surface area contributed by atoms with Crippen LogP contribution < -0.4 is 21.5 Å². The molecule has 0 aliphatic rings. The van der Waals surface area contributed by atoms with E-state index in [4.69, 9.17) is 0 Å². The van der Waals surface area contributed by atoms with Crippen molar-refractivity contribution in [1.82, 2.24) is 15.2 Å². The van der Waals surface area contributed by atoms with Crippen molar-refractivity contribution < 1.29 is 18.4 Å². The number of carbonyl (C=O) groups is 2. The van der Waals surface area contributed by atoms with Gasteiger partial charge in [0.1, 0.15) is 23.9 Å². The first-order valence-corrected chi connectivity index (χ1v) is 10.8. The highest BCUT2D eigenvalue weighted by Crippen LogP contribution is 2.20. The Morgan fingerprint density at radius 3 is 2.15 bits per heavy atom. The molecule has 0 bridgehead atoms. The van der Waals surface area contributed by atoms with Crippen LogP contribution in [-0.4, -0.2) is 29.5 Å². The van der Waals surface area contributed by atoms with E-state index >= 15 is 0 Å². The van der Waals surface area contributed by atoms with Gasteiger partial charge in [0.15, 0.2) is 0 Å². The molecule has 1 heterocycles. The molecule has 3 aromatic rings. The average molecular weight is 469 g/mol. The lowest BCUT2D eigenvalue weighted by molar-refractivity contribution is -0.121. The van der Waals surface area contributed by atoms with Gasteiger partial charge < -0.3 is 16.0 Å². The highest BCUT2D eigenvalue weighted by molar-refractivity contribution is 5.94. The molecule has 178 valence electrons. The number of carbonyl (C=O) groups excluding carboxylic acids is 2. The van der Waals surface area contributed by atoms with Gasteiger partial charge in [-0.3, -0.25) is 19.0 Å². The first kappa shape index (κ1) is 24.8. The lowest BCUT2D eigenvalue weighted by atomic mass is 10.1. The number of halogens is 2. The molecule has 0 saturated carbocycles. The Labute approximate surface area is 195 Å². The fourth-order valence-corrected chi connectivity index (χ4v) is 3.45. The molecule has 0 aliphatic heterocycles. The van der Waals surface area contributed by atoms with Gasteiger partial charge in [-0.05, 0) is 73.1 Å². The number of hydrogen-bond donors (Lipinski definition) is 3. The van der Waals surface area contributed by atoms with Crippen molar-refractivity contribution in [2.24, 2.45) is 0 Å². The Kier molecular flexibility index (Phi) is 8.26. The van der Waals surface area contributed by atoms with Crippen LogP contribution in [0.5, 0.6) is 0 Å². The van der Waals surface area contributed by atoms with Crippen LogP contribution >= 0.6 is 0 Å². The second-order valence-corrected chi connectivity index (χ2v) is 7.67. The zero-order valence-electron chi connectivity index (χ0n) is 18.9. The van der Waals surface area contributed by atoms with E-state index in [1.54, 1.807) is 25.2 Å². The van der Waals surface area contributed by atoms with Gasteiger partial charge in [0.25, 0.3) is 5.56 Å². The van der Waals surface area contributed by atoms with E-state index in [2.05, 4.69) is 16.0 Å². The lowest BCUT2D eigenvalue weighted by Crippen LogP contribution is -2.40. The number of nitrogens with one attached hydrogen (secondary N) is 3. The predicted molar refractivity (Wildman–Crippen MR) is 126 cm³/mol. The minimum atomic E-state index is -0.571. The fraction of sp³-hybridized carbons (Fsp3) is 0.240. The number of hydrogen-bond acceptors (Lipinski definition) is 4. The molecule has 0 aliphatic carbocycles. The molecule has 2 amide bonds. The van der Waals surface area contributed by atoms with Crippen molar-refractivity contribution in [2.45, 2.75) is 32.5 Å². The van der Waals surface area contributed by atoms with Crippen LogP contribution in [0, 0.1) is 11.6 Å². The molecule has 2 aromatic carbocycles. The third-order valence-corrected chi connectivity index (χ3v) is 5.35. The van der Waals surface area contributed by atoms with E-state index in [9.17, 15) is 23.2 Å². The van der Waals surface area contributed by atoms with E-state index in [0.717, 1.165) is 0 Å². The summed E-state index contributed by atoms with van der Waals surface area (Å²) in [5.41, 5.74) is 1.07. The summed E-state index contributed by atoms with van der Waals surface area (Å²) in [7, 11) is 1.65. The smallest absolute Gasteiger partial charge is 0.275 e. The van der Waals surface area contributed by atoms with Gasteiger partial charge in [0.05, 0.1) is 11.7 Å². The van der Waals surface area contributed by atoms with E-state index in [1.165, 1.54) is 47.0 Å². The number of pyridine rings is 1. The Morgan fingerprint density at radius 1 is 0.941 bits per heavy atom. The zero-order chi connectivity index (χ0) is 24.7. The van der Waals surface area contributed by atoms with Gasteiger partial charge in [-0.15, -0.1) is 0 Å². The summed E-state index contributed by atoms with van der Waals surface area (Å²) < 4.78 is 27.7. The largest absolute Gasteiger partial charge is 0.350 e. The third kappa shape index (κ3) is 6.14. The summed E-state index contributed by atoms with van der Waals surface area (Å²) in [5, 5.41) is 8.19. The summed E-state index contributed by atoms with van der Waals surface area (Å²) in [6.45, 7) is 1.65. The number of rotatable bonds is 9. The Morgan fingerprint density at radius 2 is 1.56 bits per heavy atom. The average Bonchev–Trinajstić information content (AvgIpc) is 2.83. The van der Waals surface area contributed by atoms with Crippen molar-refractivity contribution in [3.63, 3.8) is 0 Å². The number of aromatic nitrogens is 1. The highest BCUT2D eigenvalue weighted by Gasteiger charge is 2.18. The summed E-state index contributed by atoms with van der Waals surface area (Å²) in [5.74, 6) is -1.65. The van der Waals surface area contributed by atoms with Gasteiger partial charge >= 0.3 is 0 Å². The van der Waals surface area contributed by atoms with Crippen molar-refractivity contribution in [3.8, 4) is 11.3 Å². The molecule has 0 saturated heterocycles. The zero-order valence-corrected chi connectivity index (χ0v) is 18.9. The van der Waals surface area contributed by atoms with Crippen LogP contribution in [0.25, 0.3) is 11.3 Å². The second-order valence-electron chi connectivity index (χ2n) is 7.67. The Bertz CT molecular complexity index is 1200. The molecular weight excluding hydrogens is 442 g/mol. The van der Waals surface area contributed by atoms with Crippen molar-refractivity contribution in [2.75, 3.05) is 12.4 Å². The molecule has 3 rings (SSSR count). The number of anilines is 1. The Hall–Kier alpha value is -3.85. The first-order chi connectivity index (χ1) is 16.3. The van der Waals surface area contributed by atoms with Crippen LogP contribution in [0.3, 0.4) is 0 Å². The number of likely N-dealkylation sites (N-methyl/N-ethyl adjacent to an activating group) is 1. The van der Waals surface area contributed by atoms with E-state index in [0.29, 0.717) is 23.2 Å². The van der Waals surface area contributed by atoms with Crippen LogP contribution in [0.1, 0.15) is 18.9 Å². The van der Waals surface area contributed by atoms with E-state index in [-0.39, 0.29) is 30.5 Å². The fourth-order valence-electron chi connectivity index (χ4n) is 3.45. The maximum Gasteiger partial charge on any atom is 0.275 e. The van der Waals surface area contributed by atoms with Gasteiger partial charge in [0, 0.05) is 6.54 Å². The van der Waals surface area contributed by atoms with Gasteiger partial charge in [-0.2, -0.15) is 0 Å². The second kappa shape index (κ2) is 11.3. The van der Waals surface area contributed by atoms with Crippen LogP contribution in [0.4, 0.5) is 14.5 Å². The standard InChI is InChI=1S/C25H26F2N4O3/c1-3-20(28-2)24(33)30-21-12-13-22(17-6-10-19(27)11-7-17)31(25(21)34)15-23(32)29-14-16-4-8-18(26)9-5-16/h4-13,20,28H,3,14-15H2,1-2H3,(H,29,32)(H,30,33). The molecule has 1 unspecified atom stereocenters. The summed E-state index contributed by atoms with van der Waals surface area (Å²) >= 11 is 0. The predicted octanol–water partition coefficient (Wildman–Crippen LogP) is 3.05. The topological polar surface area (TPSA) is 92.2 Å².